The van der Waals surface area contributed by atoms with Crippen LogP contribution in [0.3, 0.4) is 0 Å². The Balaban J connectivity index is 1.60. The highest BCUT2D eigenvalue weighted by Crippen LogP contribution is 2.63. The van der Waals surface area contributed by atoms with Crippen LogP contribution in [0, 0.1) is 35.0 Å². The van der Waals surface area contributed by atoms with Crippen molar-refractivity contribution in [1.82, 2.24) is 0 Å². The Morgan fingerprint density at radius 2 is 2.00 bits per heavy atom. The molecule has 0 saturated heterocycles. The summed E-state index contributed by atoms with van der Waals surface area (Å²) in [6, 6.07) is 0. The third-order valence-electron chi connectivity index (χ3n) is 7.82. The van der Waals surface area contributed by atoms with Gasteiger partial charge in [-0.15, -0.1) is 0 Å². The average molecular weight is 330 g/mol. The first kappa shape index (κ1) is 16.4. The number of esters is 1. The van der Waals surface area contributed by atoms with E-state index >= 15 is 0 Å². The van der Waals surface area contributed by atoms with Crippen molar-refractivity contribution in [2.75, 3.05) is 0 Å². The van der Waals surface area contributed by atoms with Gasteiger partial charge in [-0.1, -0.05) is 19.4 Å². The first-order chi connectivity index (χ1) is 11.4. The zero-order valence-electron chi connectivity index (χ0n) is 15.2. The van der Waals surface area contributed by atoms with Gasteiger partial charge in [-0.3, -0.25) is 9.59 Å². The lowest BCUT2D eigenvalue weighted by Crippen LogP contribution is -2.48. The van der Waals surface area contributed by atoms with Crippen molar-refractivity contribution < 1.29 is 14.3 Å². The smallest absolute Gasteiger partial charge is 0.302 e. The molecule has 3 heteroatoms. The Morgan fingerprint density at radius 3 is 2.75 bits per heavy atom. The minimum Gasteiger partial charge on any atom is -0.462 e. The Bertz CT molecular complexity index is 592. The Hall–Kier alpha value is -1.12. The lowest BCUT2D eigenvalue weighted by Gasteiger charge is -2.53. The topological polar surface area (TPSA) is 43.4 Å². The third-order valence-corrected chi connectivity index (χ3v) is 7.82. The van der Waals surface area contributed by atoms with Gasteiger partial charge in [-0.25, -0.2) is 0 Å². The van der Waals surface area contributed by atoms with Crippen LogP contribution in [0.4, 0.5) is 0 Å². The second-order valence-electron chi connectivity index (χ2n) is 9.09. The van der Waals surface area contributed by atoms with Crippen molar-refractivity contribution in [3.63, 3.8) is 0 Å². The Labute approximate surface area is 145 Å². The summed E-state index contributed by atoms with van der Waals surface area (Å²) in [5, 5.41) is 0. The molecule has 3 saturated carbocycles. The fraction of sp³-hybridized carbons (Fsp3) is 0.810. The van der Waals surface area contributed by atoms with Crippen LogP contribution in [0.15, 0.2) is 11.6 Å². The van der Waals surface area contributed by atoms with Gasteiger partial charge in [0.1, 0.15) is 6.10 Å². The summed E-state index contributed by atoms with van der Waals surface area (Å²) < 4.78 is 5.80. The SMILES string of the molecule is CC(=O)O[C@H]1[C@H](C)C[C@H]2[C@@H]3CCC4=CC(=O)CC[C@@H]4[C@H]3CC[C@@]21C. The van der Waals surface area contributed by atoms with Crippen LogP contribution in [0.5, 0.6) is 0 Å². The van der Waals surface area contributed by atoms with E-state index in [1.54, 1.807) is 6.92 Å². The first-order valence-corrected chi connectivity index (χ1v) is 9.80. The van der Waals surface area contributed by atoms with E-state index in [9.17, 15) is 9.59 Å². The van der Waals surface area contributed by atoms with Crippen LogP contribution in [-0.2, 0) is 14.3 Å². The van der Waals surface area contributed by atoms with Crippen LogP contribution in [0.2, 0.25) is 0 Å². The molecule has 3 fully saturated rings. The van der Waals surface area contributed by atoms with E-state index in [1.807, 2.05) is 6.08 Å². The molecular weight excluding hydrogens is 300 g/mol. The number of rotatable bonds is 1. The van der Waals surface area contributed by atoms with Crippen LogP contribution < -0.4 is 0 Å². The number of hydrogen-bond donors (Lipinski definition) is 0. The molecule has 0 unspecified atom stereocenters. The molecule has 0 amide bonds. The van der Waals surface area contributed by atoms with Gasteiger partial charge < -0.3 is 4.74 Å². The van der Waals surface area contributed by atoms with Crippen LogP contribution >= 0.6 is 0 Å². The van der Waals surface area contributed by atoms with Crippen molar-refractivity contribution in [2.45, 2.75) is 71.8 Å². The molecule has 3 nitrogen and oxygen atoms in total. The van der Waals surface area contributed by atoms with Gasteiger partial charge in [-0.05, 0) is 74.2 Å². The number of allylic oxidation sites excluding steroid dienone is 1. The maximum absolute atomic E-state index is 11.8. The fourth-order valence-electron chi connectivity index (χ4n) is 6.93. The van der Waals surface area contributed by atoms with Crippen LogP contribution in [0.1, 0.15) is 65.7 Å². The van der Waals surface area contributed by atoms with Gasteiger partial charge in [0.25, 0.3) is 0 Å². The number of hydrogen-bond acceptors (Lipinski definition) is 3. The Morgan fingerprint density at radius 1 is 1.21 bits per heavy atom. The molecule has 0 heterocycles. The molecule has 0 spiro atoms. The molecule has 0 aromatic heterocycles. The molecule has 0 N–H and O–H groups in total. The van der Waals surface area contributed by atoms with Crippen molar-refractivity contribution >= 4 is 11.8 Å². The quantitative estimate of drug-likeness (QED) is 0.673. The Kier molecular flexibility index (Phi) is 3.89. The van der Waals surface area contributed by atoms with Gasteiger partial charge in [0.15, 0.2) is 5.78 Å². The van der Waals surface area contributed by atoms with Gasteiger partial charge in [-0.2, -0.15) is 0 Å². The maximum atomic E-state index is 11.8. The van der Waals surface area contributed by atoms with Gasteiger partial charge in [0.05, 0.1) is 0 Å². The second-order valence-corrected chi connectivity index (χ2v) is 9.09. The largest absolute Gasteiger partial charge is 0.462 e. The molecule has 4 rings (SSSR count). The van der Waals surface area contributed by atoms with E-state index in [0.717, 1.165) is 31.1 Å². The van der Waals surface area contributed by atoms with E-state index in [1.165, 1.54) is 31.3 Å². The van der Waals surface area contributed by atoms with E-state index < -0.39 is 0 Å². The molecule has 24 heavy (non-hydrogen) atoms. The minimum absolute atomic E-state index is 0.0887. The van der Waals surface area contributed by atoms with Gasteiger partial charge in [0, 0.05) is 18.8 Å². The number of ketones is 1. The molecule has 0 aromatic rings. The monoisotopic (exact) mass is 330 g/mol. The molecule has 4 aliphatic rings. The highest BCUT2D eigenvalue weighted by atomic mass is 16.5. The van der Waals surface area contributed by atoms with E-state index in [4.69, 9.17) is 4.74 Å². The van der Waals surface area contributed by atoms with Crippen LogP contribution in [-0.4, -0.2) is 17.9 Å². The van der Waals surface area contributed by atoms with Crippen molar-refractivity contribution in [2.24, 2.45) is 35.0 Å². The minimum atomic E-state index is -0.129. The summed E-state index contributed by atoms with van der Waals surface area (Å²) in [7, 11) is 0. The number of carbonyl (C=O) groups is 2. The molecule has 0 aliphatic heterocycles. The summed E-state index contributed by atoms with van der Waals surface area (Å²) in [5.74, 6) is 3.50. The van der Waals surface area contributed by atoms with E-state index in [2.05, 4.69) is 13.8 Å². The molecule has 132 valence electrons. The average Bonchev–Trinajstić information content (AvgIpc) is 2.78. The number of ether oxygens (including phenoxy) is 1. The predicted molar refractivity (Wildman–Crippen MR) is 92.2 cm³/mol. The zero-order valence-corrected chi connectivity index (χ0v) is 15.2. The third kappa shape index (κ3) is 2.38. The van der Waals surface area contributed by atoms with Gasteiger partial charge >= 0.3 is 5.97 Å². The molecule has 4 aliphatic carbocycles. The van der Waals surface area contributed by atoms with E-state index in [-0.39, 0.29) is 17.5 Å². The molecule has 0 bridgehead atoms. The highest BCUT2D eigenvalue weighted by molar-refractivity contribution is 5.91. The number of fused-ring (bicyclic) bond motifs is 5. The summed E-state index contributed by atoms with van der Waals surface area (Å²) >= 11 is 0. The summed E-state index contributed by atoms with van der Waals surface area (Å²) in [5.41, 5.74) is 1.59. The summed E-state index contributed by atoms with van der Waals surface area (Å²) in [6.07, 6.45) is 9.79. The number of carbonyl (C=O) groups excluding carboxylic acids is 2. The lowest BCUT2D eigenvalue weighted by atomic mass is 9.52. The van der Waals surface area contributed by atoms with E-state index in [0.29, 0.717) is 23.5 Å². The standard InChI is InChI=1S/C21H30O3/c1-12-10-19-18-6-4-14-11-15(23)5-7-16(14)17(18)8-9-21(19,3)20(12)24-13(2)22/h11-12,16-20H,4-10H2,1-3H3/t12-,16+,17-,18-,19+,20+,21+/m1/s1. The van der Waals surface area contributed by atoms with Crippen molar-refractivity contribution in [1.29, 1.82) is 0 Å². The molecule has 7 atom stereocenters. The second kappa shape index (κ2) is 5.71. The predicted octanol–water partition coefficient (Wildman–Crippen LogP) is 4.31. The normalized spacial score (nSPS) is 47.3. The summed E-state index contributed by atoms with van der Waals surface area (Å²) in [4.78, 5) is 23.4. The molecule has 0 radical (unpaired) electrons. The fourth-order valence-corrected chi connectivity index (χ4v) is 6.93. The highest BCUT2D eigenvalue weighted by Gasteiger charge is 2.59. The van der Waals surface area contributed by atoms with Crippen molar-refractivity contribution in [3.05, 3.63) is 11.6 Å². The van der Waals surface area contributed by atoms with Gasteiger partial charge in [0.2, 0.25) is 0 Å². The maximum Gasteiger partial charge on any atom is 0.302 e. The molecular formula is C21H30O3. The van der Waals surface area contributed by atoms with Crippen LogP contribution in [0.25, 0.3) is 0 Å². The van der Waals surface area contributed by atoms with Crippen molar-refractivity contribution in [3.8, 4) is 0 Å². The zero-order chi connectivity index (χ0) is 17.1. The summed E-state index contributed by atoms with van der Waals surface area (Å²) in [6.45, 7) is 6.19. The first-order valence-electron chi connectivity index (χ1n) is 9.80. The molecule has 0 aromatic carbocycles. The lowest BCUT2D eigenvalue weighted by molar-refractivity contribution is -0.158.